The maximum absolute atomic E-state index is 12.7. The van der Waals surface area contributed by atoms with Gasteiger partial charge in [-0.2, -0.15) is 13.2 Å². The number of rotatable bonds is 3. The summed E-state index contributed by atoms with van der Waals surface area (Å²) in [5.74, 6) is -2.59. The second-order valence-electron chi connectivity index (χ2n) is 3.85. The SMILES string of the molecule is C=CCOC(=O)N1C[C@H](C(=O)O)C[C@@H]1C(F)(F)F. The topological polar surface area (TPSA) is 66.8 Å². The predicted molar refractivity (Wildman–Crippen MR) is 53.8 cm³/mol. The molecule has 1 saturated heterocycles. The molecule has 0 aromatic carbocycles. The number of hydrogen-bond acceptors (Lipinski definition) is 3. The van der Waals surface area contributed by atoms with Crippen molar-refractivity contribution in [1.82, 2.24) is 4.90 Å². The summed E-state index contributed by atoms with van der Waals surface area (Å²) in [6.07, 6.45) is -5.29. The van der Waals surface area contributed by atoms with E-state index in [1.807, 2.05) is 0 Å². The number of likely N-dealkylation sites (tertiary alicyclic amines) is 1. The summed E-state index contributed by atoms with van der Waals surface area (Å²) in [7, 11) is 0. The van der Waals surface area contributed by atoms with Crippen LogP contribution in [0.2, 0.25) is 0 Å². The lowest BCUT2D eigenvalue weighted by Crippen LogP contribution is -2.44. The smallest absolute Gasteiger partial charge is 0.410 e. The Balaban J connectivity index is 2.82. The molecule has 1 N–H and O–H groups in total. The van der Waals surface area contributed by atoms with Crippen molar-refractivity contribution in [1.29, 1.82) is 0 Å². The molecule has 0 saturated carbocycles. The maximum Gasteiger partial charge on any atom is 0.410 e. The molecule has 1 aliphatic heterocycles. The lowest BCUT2D eigenvalue weighted by molar-refractivity contribution is -0.172. The first-order chi connectivity index (χ1) is 8.27. The minimum Gasteiger partial charge on any atom is -0.481 e. The van der Waals surface area contributed by atoms with E-state index in [9.17, 15) is 22.8 Å². The summed E-state index contributed by atoms with van der Waals surface area (Å²) in [5.41, 5.74) is 0. The molecule has 0 aromatic rings. The van der Waals surface area contributed by atoms with Crippen LogP contribution in [0.15, 0.2) is 12.7 Å². The molecule has 18 heavy (non-hydrogen) atoms. The summed E-state index contributed by atoms with van der Waals surface area (Å²) in [6, 6.07) is -2.11. The second kappa shape index (κ2) is 5.28. The fourth-order valence-electron chi connectivity index (χ4n) is 1.74. The first kappa shape index (κ1) is 14.3. The minimum absolute atomic E-state index is 0.225. The van der Waals surface area contributed by atoms with E-state index in [1.165, 1.54) is 6.08 Å². The van der Waals surface area contributed by atoms with Crippen LogP contribution in [0.5, 0.6) is 0 Å². The van der Waals surface area contributed by atoms with E-state index in [4.69, 9.17) is 5.11 Å². The third kappa shape index (κ3) is 3.14. The Bertz CT molecular complexity index is 356. The van der Waals surface area contributed by atoms with Gasteiger partial charge in [-0.3, -0.25) is 9.69 Å². The second-order valence-corrected chi connectivity index (χ2v) is 3.85. The number of carbonyl (C=O) groups excluding carboxylic acids is 1. The Labute approximate surface area is 101 Å². The van der Waals surface area contributed by atoms with Gasteiger partial charge in [-0.05, 0) is 6.42 Å². The lowest BCUT2D eigenvalue weighted by atomic mass is 10.1. The molecule has 2 atom stereocenters. The quantitative estimate of drug-likeness (QED) is 0.789. The van der Waals surface area contributed by atoms with Gasteiger partial charge >= 0.3 is 18.2 Å². The van der Waals surface area contributed by atoms with Crippen LogP contribution >= 0.6 is 0 Å². The van der Waals surface area contributed by atoms with Gasteiger partial charge in [0, 0.05) is 6.54 Å². The summed E-state index contributed by atoms with van der Waals surface area (Å²) in [4.78, 5) is 22.5. The van der Waals surface area contributed by atoms with Gasteiger partial charge in [-0.1, -0.05) is 12.7 Å². The lowest BCUT2D eigenvalue weighted by Gasteiger charge is -2.25. The number of carboxylic acid groups (broad SMARTS) is 1. The van der Waals surface area contributed by atoms with Crippen LogP contribution in [0.3, 0.4) is 0 Å². The number of halogens is 3. The zero-order valence-corrected chi connectivity index (χ0v) is 9.31. The molecular formula is C10H12F3NO4. The average Bonchev–Trinajstić information content (AvgIpc) is 2.70. The fraction of sp³-hybridized carbons (Fsp3) is 0.600. The molecule has 0 unspecified atom stereocenters. The molecule has 0 aliphatic carbocycles. The van der Waals surface area contributed by atoms with Gasteiger partial charge in [-0.15, -0.1) is 0 Å². The third-order valence-corrected chi connectivity index (χ3v) is 2.59. The normalized spacial score (nSPS) is 23.8. The van der Waals surface area contributed by atoms with Crippen LogP contribution in [0.1, 0.15) is 6.42 Å². The molecule has 102 valence electrons. The van der Waals surface area contributed by atoms with E-state index < -0.39 is 43.2 Å². The molecule has 8 heteroatoms. The molecule has 0 radical (unpaired) electrons. The van der Waals surface area contributed by atoms with Gasteiger partial charge in [0.05, 0.1) is 5.92 Å². The van der Waals surface area contributed by atoms with E-state index in [0.717, 1.165) is 0 Å². The first-order valence-electron chi connectivity index (χ1n) is 5.11. The number of amides is 1. The Morgan fingerprint density at radius 3 is 2.56 bits per heavy atom. The number of hydrogen-bond donors (Lipinski definition) is 1. The molecule has 1 heterocycles. The fourth-order valence-corrected chi connectivity index (χ4v) is 1.74. The summed E-state index contributed by atoms with van der Waals surface area (Å²) < 4.78 is 42.5. The summed E-state index contributed by atoms with van der Waals surface area (Å²) >= 11 is 0. The highest BCUT2D eigenvalue weighted by atomic mass is 19.4. The summed E-state index contributed by atoms with van der Waals surface area (Å²) in [5, 5.41) is 8.71. The van der Waals surface area contributed by atoms with Gasteiger partial charge < -0.3 is 9.84 Å². The number of carboxylic acids is 1. The predicted octanol–water partition coefficient (Wildman–Crippen LogP) is 1.65. The summed E-state index contributed by atoms with van der Waals surface area (Å²) in [6.45, 7) is 2.53. The molecule has 0 aromatic heterocycles. The maximum atomic E-state index is 12.7. The van der Waals surface area contributed by atoms with Gasteiger partial charge in [0.1, 0.15) is 12.6 Å². The van der Waals surface area contributed by atoms with E-state index >= 15 is 0 Å². The van der Waals surface area contributed by atoms with Crippen LogP contribution in [0.4, 0.5) is 18.0 Å². The van der Waals surface area contributed by atoms with Crippen molar-refractivity contribution in [2.45, 2.75) is 18.6 Å². The molecule has 1 amide bonds. The van der Waals surface area contributed by atoms with Crippen molar-refractivity contribution >= 4 is 12.1 Å². The van der Waals surface area contributed by atoms with Crippen molar-refractivity contribution in [3.8, 4) is 0 Å². The van der Waals surface area contributed by atoms with E-state index in [2.05, 4.69) is 11.3 Å². The molecule has 1 fully saturated rings. The minimum atomic E-state index is -4.67. The standard InChI is InChI=1S/C10H12F3NO4/c1-2-3-18-9(17)14-5-6(8(15)16)4-7(14)10(11,12)13/h2,6-7H,1,3-5H2,(H,15,16)/t6-,7-/m1/s1. The zero-order valence-electron chi connectivity index (χ0n) is 9.31. The Morgan fingerprint density at radius 1 is 1.50 bits per heavy atom. The number of alkyl halides is 3. The molecular weight excluding hydrogens is 255 g/mol. The zero-order chi connectivity index (χ0) is 13.9. The van der Waals surface area contributed by atoms with Gasteiger partial charge in [-0.25, -0.2) is 4.79 Å². The first-order valence-corrected chi connectivity index (χ1v) is 5.11. The molecule has 0 spiro atoms. The van der Waals surface area contributed by atoms with Crippen molar-refractivity contribution in [2.75, 3.05) is 13.2 Å². The Morgan fingerprint density at radius 2 is 2.11 bits per heavy atom. The van der Waals surface area contributed by atoms with Crippen LogP contribution in [0.25, 0.3) is 0 Å². The molecule has 5 nitrogen and oxygen atoms in total. The van der Waals surface area contributed by atoms with Crippen molar-refractivity contribution in [2.24, 2.45) is 5.92 Å². The number of ether oxygens (including phenoxy) is 1. The number of nitrogens with zero attached hydrogens (tertiary/aromatic N) is 1. The number of aliphatic carboxylic acids is 1. The van der Waals surface area contributed by atoms with Crippen LogP contribution < -0.4 is 0 Å². The van der Waals surface area contributed by atoms with Crippen molar-refractivity contribution < 1.29 is 32.6 Å². The third-order valence-electron chi connectivity index (χ3n) is 2.59. The van der Waals surface area contributed by atoms with Crippen LogP contribution in [-0.4, -0.2) is 47.4 Å². The highest BCUT2D eigenvalue weighted by Gasteiger charge is 2.53. The van der Waals surface area contributed by atoms with E-state index in [0.29, 0.717) is 4.90 Å². The number of carbonyl (C=O) groups is 2. The molecule has 0 bridgehead atoms. The van der Waals surface area contributed by atoms with Gasteiger partial charge in [0.2, 0.25) is 0 Å². The van der Waals surface area contributed by atoms with Crippen molar-refractivity contribution in [3.63, 3.8) is 0 Å². The van der Waals surface area contributed by atoms with E-state index in [1.54, 1.807) is 0 Å². The average molecular weight is 267 g/mol. The largest absolute Gasteiger partial charge is 0.481 e. The van der Waals surface area contributed by atoms with E-state index in [-0.39, 0.29) is 6.61 Å². The highest BCUT2D eigenvalue weighted by Crippen LogP contribution is 2.35. The van der Waals surface area contributed by atoms with Crippen LogP contribution in [-0.2, 0) is 9.53 Å². The molecule has 1 aliphatic rings. The molecule has 1 rings (SSSR count). The van der Waals surface area contributed by atoms with Gasteiger partial charge in [0.25, 0.3) is 0 Å². The van der Waals surface area contributed by atoms with Gasteiger partial charge in [0.15, 0.2) is 0 Å². The Kier molecular flexibility index (Phi) is 4.20. The monoisotopic (exact) mass is 267 g/mol. The van der Waals surface area contributed by atoms with Crippen LogP contribution in [0, 0.1) is 5.92 Å². The highest BCUT2D eigenvalue weighted by molar-refractivity contribution is 5.74. The Hall–Kier alpha value is -1.73. The van der Waals surface area contributed by atoms with Crippen molar-refractivity contribution in [3.05, 3.63) is 12.7 Å².